The van der Waals surface area contributed by atoms with E-state index in [9.17, 15) is 0 Å². The maximum Gasteiger partial charge on any atom is 0.0489 e. The van der Waals surface area contributed by atoms with Gasteiger partial charge in [-0.2, -0.15) is 0 Å². The summed E-state index contributed by atoms with van der Waals surface area (Å²) in [5.41, 5.74) is 0. The predicted molar refractivity (Wildman–Crippen MR) is 121 cm³/mol. The first-order chi connectivity index (χ1) is 12.4. The van der Waals surface area contributed by atoms with Crippen LogP contribution in [0.1, 0.15) is 83.1 Å². The van der Waals surface area contributed by atoms with Crippen LogP contribution in [0.2, 0.25) is 0 Å². The van der Waals surface area contributed by atoms with Crippen LogP contribution in [0.25, 0.3) is 0 Å². The summed E-state index contributed by atoms with van der Waals surface area (Å²) in [5, 5.41) is 0. The summed E-state index contributed by atoms with van der Waals surface area (Å²) >= 11 is 0. The zero-order valence-corrected chi connectivity index (χ0v) is 20.9. The van der Waals surface area contributed by atoms with Gasteiger partial charge in [-0.25, -0.2) is 0 Å². The minimum absolute atomic E-state index is 0.670. The Bertz CT molecular complexity index is 192. The van der Waals surface area contributed by atoms with Gasteiger partial charge in [-0.1, -0.05) is 83.1 Å². The fourth-order valence-electron chi connectivity index (χ4n) is 1.62. The van der Waals surface area contributed by atoms with Gasteiger partial charge in [0.25, 0.3) is 0 Å². The molecule has 0 radical (unpaired) electrons. The van der Waals surface area contributed by atoms with Gasteiger partial charge in [-0.3, -0.25) is 0 Å². The second-order valence-corrected chi connectivity index (χ2v) is 9.98. The van der Waals surface area contributed by atoms with E-state index < -0.39 is 0 Å². The van der Waals surface area contributed by atoms with Gasteiger partial charge in [0.1, 0.15) is 0 Å². The van der Waals surface area contributed by atoms with E-state index in [0.29, 0.717) is 35.5 Å². The van der Waals surface area contributed by atoms with Crippen LogP contribution in [0.5, 0.6) is 0 Å². The Morgan fingerprint density at radius 1 is 0.296 bits per heavy atom. The fourth-order valence-corrected chi connectivity index (χ4v) is 1.62. The molecule has 0 atom stereocenters. The third-order valence-corrected chi connectivity index (χ3v) is 2.71. The number of hydrogen-bond donors (Lipinski definition) is 0. The van der Waals surface area contributed by atoms with Gasteiger partial charge in [0, 0.05) is 39.6 Å². The van der Waals surface area contributed by atoms with Crippen molar-refractivity contribution >= 4 is 0 Å². The van der Waals surface area contributed by atoms with Crippen molar-refractivity contribution in [3.8, 4) is 0 Å². The zero-order valence-electron chi connectivity index (χ0n) is 20.9. The minimum atomic E-state index is 0.670. The maximum atomic E-state index is 5.36. The van der Waals surface area contributed by atoms with Crippen molar-refractivity contribution in [2.75, 3.05) is 39.6 Å². The van der Waals surface area contributed by atoms with E-state index in [0.717, 1.165) is 39.6 Å². The van der Waals surface area contributed by atoms with E-state index >= 15 is 0 Å². The largest absolute Gasteiger partial charge is 0.381 e. The molecule has 27 heavy (non-hydrogen) atoms. The lowest BCUT2D eigenvalue weighted by Gasteiger charge is -2.07. The first-order valence-electron chi connectivity index (χ1n) is 11.1. The molecular weight excluding hydrogens is 336 g/mol. The molecule has 0 aliphatic rings. The fraction of sp³-hybridized carbons (Fsp3) is 1.00. The molecule has 0 rings (SSSR count). The van der Waals surface area contributed by atoms with Crippen LogP contribution in [0.4, 0.5) is 0 Å². The molecule has 168 valence electrons. The molecular formula is C24H54O3. The highest BCUT2D eigenvalue weighted by molar-refractivity contribution is 4.44. The molecule has 0 aliphatic heterocycles. The molecule has 0 fully saturated rings. The highest BCUT2D eigenvalue weighted by atomic mass is 16.5. The molecule has 3 heteroatoms. The number of rotatable bonds is 12. The molecule has 0 bridgehead atoms. The molecule has 0 aromatic heterocycles. The van der Waals surface area contributed by atoms with Crippen LogP contribution in [0, 0.1) is 35.5 Å². The van der Waals surface area contributed by atoms with Crippen LogP contribution < -0.4 is 0 Å². The maximum absolute atomic E-state index is 5.36. The standard InChI is InChI=1S/3C8H18O/c3*1-7(2)5-9-6-8(3)4/h3*7-8H,5-6H2,1-4H3. The monoisotopic (exact) mass is 390 g/mol. The molecule has 0 unspecified atom stereocenters. The lowest BCUT2D eigenvalue weighted by molar-refractivity contribution is 0.0886. The lowest BCUT2D eigenvalue weighted by atomic mass is 10.2. The van der Waals surface area contributed by atoms with Crippen LogP contribution in [0.3, 0.4) is 0 Å². The topological polar surface area (TPSA) is 27.7 Å². The van der Waals surface area contributed by atoms with Gasteiger partial charge in [0.15, 0.2) is 0 Å². The van der Waals surface area contributed by atoms with Gasteiger partial charge in [-0.15, -0.1) is 0 Å². The SMILES string of the molecule is CC(C)COCC(C)C.CC(C)COCC(C)C.CC(C)COCC(C)C. The van der Waals surface area contributed by atoms with Crippen molar-refractivity contribution in [2.24, 2.45) is 35.5 Å². The smallest absolute Gasteiger partial charge is 0.0489 e. The Kier molecular flexibility index (Phi) is 25.9. The molecule has 0 N–H and O–H groups in total. The van der Waals surface area contributed by atoms with Gasteiger partial charge >= 0.3 is 0 Å². The molecule has 0 aromatic rings. The molecule has 0 spiro atoms. The van der Waals surface area contributed by atoms with Crippen LogP contribution >= 0.6 is 0 Å². The highest BCUT2D eigenvalue weighted by Gasteiger charge is 1.96. The molecule has 0 saturated heterocycles. The zero-order chi connectivity index (χ0) is 21.8. The summed E-state index contributed by atoms with van der Waals surface area (Å²) in [6.07, 6.45) is 0. The van der Waals surface area contributed by atoms with Crippen molar-refractivity contribution in [2.45, 2.75) is 83.1 Å². The van der Waals surface area contributed by atoms with E-state index in [2.05, 4.69) is 83.1 Å². The minimum Gasteiger partial charge on any atom is -0.381 e. The van der Waals surface area contributed by atoms with E-state index in [-0.39, 0.29) is 0 Å². The third-order valence-electron chi connectivity index (χ3n) is 2.71. The predicted octanol–water partition coefficient (Wildman–Crippen LogP) is 6.95. The van der Waals surface area contributed by atoms with Crippen molar-refractivity contribution in [3.63, 3.8) is 0 Å². The van der Waals surface area contributed by atoms with Gasteiger partial charge in [-0.05, 0) is 35.5 Å². The summed E-state index contributed by atoms with van der Waals surface area (Å²) in [6, 6.07) is 0. The summed E-state index contributed by atoms with van der Waals surface area (Å²) in [6.45, 7) is 31.4. The highest BCUT2D eigenvalue weighted by Crippen LogP contribution is 1.98. The quantitative estimate of drug-likeness (QED) is 0.361. The number of ether oxygens (including phenoxy) is 3. The Labute approximate surface area is 172 Å². The molecule has 0 heterocycles. The van der Waals surface area contributed by atoms with E-state index in [4.69, 9.17) is 14.2 Å². The normalized spacial score (nSPS) is 11.3. The second kappa shape index (κ2) is 22.2. The summed E-state index contributed by atoms with van der Waals surface area (Å²) < 4.78 is 16.1. The van der Waals surface area contributed by atoms with Crippen molar-refractivity contribution in [1.82, 2.24) is 0 Å². The first kappa shape index (κ1) is 31.6. The Hall–Kier alpha value is -0.120. The average molecular weight is 391 g/mol. The molecule has 0 aliphatic carbocycles. The van der Waals surface area contributed by atoms with E-state index in [1.807, 2.05) is 0 Å². The van der Waals surface area contributed by atoms with Crippen molar-refractivity contribution in [1.29, 1.82) is 0 Å². The summed E-state index contributed by atoms with van der Waals surface area (Å²) in [4.78, 5) is 0. The van der Waals surface area contributed by atoms with Gasteiger partial charge in [0.05, 0.1) is 0 Å². The first-order valence-corrected chi connectivity index (χ1v) is 11.1. The summed E-state index contributed by atoms with van der Waals surface area (Å²) in [5.74, 6) is 4.02. The molecule has 0 aromatic carbocycles. The van der Waals surface area contributed by atoms with Crippen molar-refractivity contribution < 1.29 is 14.2 Å². The lowest BCUT2D eigenvalue weighted by Crippen LogP contribution is -2.07. The Morgan fingerprint density at radius 2 is 0.407 bits per heavy atom. The molecule has 0 amide bonds. The van der Waals surface area contributed by atoms with Crippen molar-refractivity contribution in [3.05, 3.63) is 0 Å². The van der Waals surface area contributed by atoms with E-state index in [1.165, 1.54) is 0 Å². The average Bonchev–Trinajstić information content (AvgIpc) is 2.46. The van der Waals surface area contributed by atoms with E-state index in [1.54, 1.807) is 0 Å². The van der Waals surface area contributed by atoms with Crippen LogP contribution in [0.15, 0.2) is 0 Å². The Balaban J connectivity index is -0.000000320. The van der Waals surface area contributed by atoms with Crippen LogP contribution in [-0.4, -0.2) is 39.6 Å². The van der Waals surface area contributed by atoms with Crippen LogP contribution in [-0.2, 0) is 14.2 Å². The molecule has 3 nitrogen and oxygen atoms in total. The molecule has 0 saturated carbocycles. The van der Waals surface area contributed by atoms with Gasteiger partial charge < -0.3 is 14.2 Å². The number of hydrogen-bond acceptors (Lipinski definition) is 3. The Morgan fingerprint density at radius 3 is 0.481 bits per heavy atom. The van der Waals surface area contributed by atoms with Gasteiger partial charge in [0.2, 0.25) is 0 Å². The third kappa shape index (κ3) is 46.2. The summed E-state index contributed by atoms with van der Waals surface area (Å²) in [7, 11) is 0. The second-order valence-electron chi connectivity index (χ2n) is 9.98.